The predicted molar refractivity (Wildman–Crippen MR) is 74.8 cm³/mol. The van der Waals surface area contributed by atoms with Crippen molar-refractivity contribution in [3.05, 3.63) is 0 Å². The zero-order valence-corrected chi connectivity index (χ0v) is 14.1. The van der Waals surface area contributed by atoms with E-state index < -0.39 is 22.3 Å². The first-order valence-corrected chi connectivity index (χ1v) is 17.4. The molecule has 0 unspecified atom stereocenters. The Balaban J connectivity index is 4.87. The van der Waals surface area contributed by atoms with E-state index >= 15 is 0 Å². The van der Waals surface area contributed by atoms with E-state index in [2.05, 4.69) is 45.8 Å². The summed E-state index contributed by atoms with van der Waals surface area (Å²) in [4.78, 5) is 0. The van der Waals surface area contributed by atoms with Gasteiger partial charge in [0.05, 0.1) is 0 Å². The molecular formula is C10H28OSi3. The Bertz CT molecular complexity index is 165. The van der Waals surface area contributed by atoms with Crippen LogP contribution in [-0.4, -0.2) is 34.0 Å². The third kappa shape index (κ3) is 3.05. The summed E-state index contributed by atoms with van der Waals surface area (Å²) in [5.41, 5.74) is 0. The molecule has 1 nitrogen and oxygen atoms in total. The van der Waals surface area contributed by atoms with Crippen LogP contribution in [-0.2, 0) is 0 Å². The number of aliphatic hydroxyl groups is 1. The second-order valence-corrected chi connectivity index (χ2v) is 35.9. The highest BCUT2D eigenvalue weighted by Gasteiger charge is 2.49. The number of hydrogen-bond donors (Lipinski definition) is 1. The Morgan fingerprint density at radius 2 is 1.14 bits per heavy atom. The van der Waals surface area contributed by atoms with Crippen LogP contribution < -0.4 is 0 Å². The van der Waals surface area contributed by atoms with E-state index in [1.54, 1.807) is 0 Å². The minimum atomic E-state index is -1.06. The van der Waals surface area contributed by atoms with Crippen LogP contribution >= 0.6 is 0 Å². The predicted octanol–water partition coefficient (Wildman–Crippen LogP) is 3.28. The third-order valence-corrected chi connectivity index (χ3v) is 47.0. The fourth-order valence-corrected chi connectivity index (χ4v) is 39.5. The molecular weight excluding hydrogens is 220 g/mol. The minimum absolute atomic E-state index is 0.386. The van der Waals surface area contributed by atoms with E-state index in [-0.39, 0.29) is 0 Å². The summed E-state index contributed by atoms with van der Waals surface area (Å²) in [5.74, 6) is 0. The van der Waals surface area contributed by atoms with Crippen LogP contribution in [0.5, 0.6) is 0 Å². The molecule has 0 bridgehead atoms. The van der Waals surface area contributed by atoms with Gasteiger partial charge in [0.15, 0.2) is 0 Å². The maximum Gasteiger partial charge on any atom is 0.0428 e. The monoisotopic (exact) mass is 248 g/mol. The zero-order chi connectivity index (χ0) is 11.6. The van der Waals surface area contributed by atoms with E-state index in [0.717, 1.165) is 6.42 Å². The van der Waals surface area contributed by atoms with Gasteiger partial charge in [-0.3, -0.25) is 0 Å². The summed E-state index contributed by atoms with van der Waals surface area (Å²) in [6.07, 6.45) is 1.04. The Morgan fingerprint density at radius 3 is 1.36 bits per heavy atom. The van der Waals surface area contributed by atoms with Crippen LogP contribution in [0.4, 0.5) is 0 Å². The summed E-state index contributed by atoms with van der Waals surface area (Å²) in [6, 6.07) is 1.36. The Morgan fingerprint density at radius 1 is 0.786 bits per heavy atom. The molecule has 14 heavy (non-hydrogen) atoms. The Labute approximate surface area is 92.5 Å². The fourth-order valence-electron chi connectivity index (χ4n) is 2.31. The molecule has 0 aromatic heterocycles. The number of aliphatic hydroxyl groups excluding tert-OH is 1. The lowest BCUT2D eigenvalue weighted by Crippen LogP contribution is -2.69. The molecule has 1 N–H and O–H groups in total. The van der Waals surface area contributed by atoms with Gasteiger partial charge in [-0.2, -0.15) is 0 Å². The first-order valence-electron chi connectivity index (χ1n) is 5.67. The van der Waals surface area contributed by atoms with Gasteiger partial charge in [0, 0.05) is 28.9 Å². The van der Waals surface area contributed by atoms with Crippen LogP contribution in [0.25, 0.3) is 0 Å². The van der Waals surface area contributed by atoms with Crippen molar-refractivity contribution in [2.24, 2.45) is 0 Å². The van der Waals surface area contributed by atoms with Crippen LogP contribution in [0, 0.1) is 0 Å². The van der Waals surface area contributed by atoms with Crippen LogP contribution in [0.3, 0.4) is 0 Å². The van der Waals surface area contributed by atoms with E-state index in [0.29, 0.717) is 6.61 Å². The summed E-state index contributed by atoms with van der Waals surface area (Å²) >= 11 is 0. The molecule has 86 valence electrons. The lowest BCUT2D eigenvalue weighted by molar-refractivity contribution is 0.294. The second kappa shape index (κ2) is 4.63. The van der Waals surface area contributed by atoms with Crippen molar-refractivity contribution in [3.8, 4) is 0 Å². The van der Waals surface area contributed by atoms with E-state index in [1.807, 2.05) is 0 Å². The van der Waals surface area contributed by atoms with Crippen LogP contribution in [0.2, 0.25) is 51.9 Å². The largest absolute Gasteiger partial charge is 0.396 e. The molecule has 0 spiro atoms. The number of hydrogen-bond acceptors (Lipinski definition) is 1. The molecule has 0 aromatic carbocycles. The lowest BCUT2D eigenvalue weighted by Gasteiger charge is -2.48. The smallest absolute Gasteiger partial charge is 0.0428 e. The van der Waals surface area contributed by atoms with Crippen LogP contribution in [0.15, 0.2) is 0 Å². The van der Waals surface area contributed by atoms with Gasteiger partial charge in [-0.05, 0) is 6.42 Å². The molecule has 4 heteroatoms. The van der Waals surface area contributed by atoms with Gasteiger partial charge in [-0.15, -0.1) is 0 Å². The summed E-state index contributed by atoms with van der Waals surface area (Å²) in [7, 11) is -3.04. The summed E-state index contributed by atoms with van der Waals surface area (Å²) < 4.78 is 0. The van der Waals surface area contributed by atoms with Crippen molar-refractivity contribution in [2.45, 2.75) is 58.3 Å². The molecule has 0 amide bonds. The molecule has 0 saturated carbocycles. The summed E-state index contributed by atoms with van der Waals surface area (Å²) in [6.45, 7) is 18.2. The molecule has 0 rings (SSSR count). The molecule has 0 aromatic rings. The maximum atomic E-state index is 9.01. The number of rotatable bonds is 5. The Hall–Kier alpha value is 0.611. The molecule has 0 heterocycles. The molecule has 0 aliphatic carbocycles. The molecule has 0 saturated heterocycles. The highest BCUT2D eigenvalue weighted by Crippen LogP contribution is 2.33. The van der Waals surface area contributed by atoms with Gasteiger partial charge in [0.1, 0.15) is 0 Å². The highest BCUT2D eigenvalue weighted by molar-refractivity contribution is 7.68. The van der Waals surface area contributed by atoms with Crippen molar-refractivity contribution >= 4 is 22.3 Å². The van der Waals surface area contributed by atoms with Gasteiger partial charge in [-0.25, -0.2) is 0 Å². The Kier molecular flexibility index (Phi) is 4.84. The van der Waals surface area contributed by atoms with Gasteiger partial charge >= 0.3 is 0 Å². The van der Waals surface area contributed by atoms with Gasteiger partial charge in [0.2, 0.25) is 0 Å². The van der Waals surface area contributed by atoms with E-state index in [9.17, 15) is 0 Å². The maximum absolute atomic E-state index is 9.01. The molecule has 0 aliphatic rings. The summed E-state index contributed by atoms with van der Waals surface area (Å²) in [5, 5.41) is 9.01. The van der Waals surface area contributed by atoms with Gasteiger partial charge < -0.3 is 5.11 Å². The lowest BCUT2D eigenvalue weighted by atomic mass is 10.5. The molecule has 0 aliphatic heterocycles. The molecule has 0 fully saturated rings. The average Bonchev–Trinajstić information content (AvgIpc) is 1.95. The van der Waals surface area contributed by atoms with Crippen molar-refractivity contribution in [1.29, 1.82) is 0 Å². The zero-order valence-electron chi connectivity index (χ0n) is 11.1. The van der Waals surface area contributed by atoms with Crippen LogP contribution in [0.1, 0.15) is 6.42 Å². The molecule has 0 radical (unpaired) electrons. The van der Waals surface area contributed by atoms with Gasteiger partial charge in [0.25, 0.3) is 0 Å². The topological polar surface area (TPSA) is 20.2 Å². The highest BCUT2D eigenvalue weighted by atomic mass is 29.6. The van der Waals surface area contributed by atoms with E-state index in [4.69, 9.17) is 5.11 Å². The first kappa shape index (κ1) is 14.6. The van der Waals surface area contributed by atoms with Gasteiger partial charge in [-0.1, -0.05) is 51.9 Å². The van der Waals surface area contributed by atoms with Crippen molar-refractivity contribution < 1.29 is 5.11 Å². The SMILES string of the molecule is C[Si](C)(C)[Si](C)(CCCO)[Si](C)(C)C. The fraction of sp³-hybridized carbons (Fsp3) is 1.00. The standard InChI is InChI=1S/C10H28OSi3/c1-12(2,3)14(7,10-8-9-11)13(4,5)6/h11H,8-10H2,1-7H3. The minimum Gasteiger partial charge on any atom is -0.396 e. The average molecular weight is 249 g/mol. The third-order valence-electron chi connectivity index (χ3n) is 4.15. The quantitative estimate of drug-likeness (QED) is 0.741. The molecule has 0 atom stereocenters. The van der Waals surface area contributed by atoms with Crippen molar-refractivity contribution in [1.82, 2.24) is 0 Å². The normalized spacial score (nSPS) is 14.6. The van der Waals surface area contributed by atoms with Crippen molar-refractivity contribution in [2.75, 3.05) is 6.61 Å². The van der Waals surface area contributed by atoms with E-state index in [1.165, 1.54) is 6.04 Å². The second-order valence-electron chi connectivity index (χ2n) is 6.66. The first-order chi connectivity index (χ1) is 6.06. The van der Waals surface area contributed by atoms with Crippen molar-refractivity contribution in [3.63, 3.8) is 0 Å².